The zero-order valence-electron chi connectivity index (χ0n) is 12.8. The second kappa shape index (κ2) is 5.96. The van der Waals surface area contributed by atoms with Crippen LogP contribution in [0.2, 0.25) is 0 Å². The third-order valence-electron chi connectivity index (χ3n) is 3.54. The van der Waals surface area contributed by atoms with Crippen LogP contribution in [0, 0.1) is 0 Å². The maximum absolute atomic E-state index is 5.32. The molecule has 4 rings (SSSR count). The summed E-state index contributed by atoms with van der Waals surface area (Å²) < 4.78 is 10.6. The SMILES string of the molecule is COc1cccc(-c2cc(-c3nc(-c4ccncc4)no3)[nH]n2)c1. The molecule has 7 nitrogen and oxygen atoms in total. The van der Waals surface area contributed by atoms with Crippen LogP contribution in [0.1, 0.15) is 0 Å². The van der Waals surface area contributed by atoms with Crippen molar-refractivity contribution in [2.75, 3.05) is 7.11 Å². The number of nitrogens with one attached hydrogen (secondary N) is 1. The van der Waals surface area contributed by atoms with E-state index in [4.69, 9.17) is 9.26 Å². The first-order chi connectivity index (χ1) is 11.8. The molecule has 1 aromatic carbocycles. The molecule has 7 heteroatoms. The summed E-state index contributed by atoms with van der Waals surface area (Å²) in [4.78, 5) is 8.36. The average molecular weight is 319 g/mol. The molecule has 0 spiro atoms. The van der Waals surface area contributed by atoms with Gasteiger partial charge >= 0.3 is 0 Å². The monoisotopic (exact) mass is 319 g/mol. The Hall–Kier alpha value is -3.48. The van der Waals surface area contributed by atoms with Gasteiger partial charge in [-0.25, -0.2) is 0 Å². The lowest BCUT2D eigenvalue weighted by Crippen LogP contribution is -1.83. The Labute approximate surface area is 137 Å². The van der Waals surface area contributed by atoms with Crippen LogP contribution in [-0.4, -0.2) is 32.4 Å². The van der Waals surface area contributed by atoms with E-state index in [2.05, 4.69) is 25.3 Å². The van der Waals surface area contributed by atoms with Gasteiger partial charge in [-0.3, -0.25) is 10.1 Å². The lowest BCUT2D eigenvalue weighted by Gasteiger charge is -2.00. The highest BCUT2D eigenvalue weighted by Gasteiger charge is 2.14. The molecule has 0 fully saturated rings. The molecule has 118 valence electrons. The van der Waals surface area contributed by atoms with Crippen molar-refractivity contribution in [2.45, 2.75) is 0 Å². The van der Waals surface area contributed by atoms with Gasteiger partial charge in [0.05, 0.1) is 12.8 Å². The number of rotatable bonds is 4. The molecule has 3 aromatic heterocycles. The molecule has 0 saturated heterocycles. The predicted molar refractivity (Wildman–Crippen MR) is 87.1 cm³/mol. The van der Waals surface area contributed by atoms with E-state index < -0.39 is 0 Å². The first kappa shape index (κ1) is 14.1. The lowest BCUT2D eigenvalue weighted by atomic mass is 10.1. The Balaban J connectivity index is 1.64. The molecule has 0 saturated carbocycles. The zero-order chi connectivity index (χ0) is 16.4. The van der Waals surface area contributed by atoms with Gasteiger partial charge in [0.15, 0.2) is 0 Å². The van der Waals surface area contributed by atoms with Gasteiger partial charge in [0.2, 0.25) is 5.82 Å². The van der Waals surface area contributed by atoms with Crippen LogP contribution >= 0.6 is 0 Å². The Morgan fingerprint density at radius 3 is 2.75 bits per heavy atom. The fourth-order valence-corrected chi connectivity index (χ4v) is 2.31. The molecule has 4 aromatic rings. The fourth-order valence-electron chi connectivity index (χ4n) is 2.31. The number of hydrogen-bond donors (Lipinski definition) is 1. The zero-order valence-corrected chi connectivity index (χ0v) is 12.8. The van der Waals surface area contributed by atoms with E-state index >= 15 is 0 Å². The minimum absolute atomic E-state index is 0.378. The van der Waals surface area contributed by atoms with Gasteiger partial charge in [0.25, 0.3) is 5.89 Å². The summed E-state index contributed by atoms with van der Waals surface area (Å²) in [7, 11) is 1.63. The molecule has 0 radical (unpaired) electrons. The largest absolute Gasteiger partial charge is 0.497 e. The normalized spacial score (nSPS) is 10.7. The molecular formula is C17H13N5O2. The van der Waals surface area contributed by atoms with E-state index in [0.717, 1.165) is 22.6 Å². The van der Waals surface area contributed by atoms with E-state index in [-0.39, 0.29) is 0 Å². The highest BCUT2D eigenvalue weighted by molar-refractivity contribution is 5.66. The summed E-state index contributed by atoms with van der Waals surface area (Å²) >= 11 is 0. The molecule has 3 heterocycles. The summed E-state index contributed by atoms with van der Waals surface area (Å²) in [6, 6.07) is 13.2. The first-order valence-corrected chi connectivity index (χ1v) is 7.28. The average Bonchev–Trinajstić information content (AvgIpc) is 3.32. The Kier molecular flexibility index (Phi) is 3.51. The van der Waals surface area contributed by atoms with E-state index in [0.29, 0.717) is 17.4 Å². The molecular weight excluding hydrogens is 306 g/mol. The van der Waals surface area contributed by atoms with Crippen molar-refractivity contribution in [2.24, 2.45) is 0 Å². The fraction of sp³-hybridized carbons (Fsp3) is 0.0588. The van der Waals surface area contributed by atoms with Gasteiger partial charge in [0, 0.05) is 23.5 Å². The molecule has 0 aliphatic heterocycles. The van der Waals surface area contributed by atoms with Gasteiger partial charge in [-0.15, -0.1) is 0 Å². The van der Waals surface area contributed by atoms with Crippen molar-refractivity contribution in [1.29, 1.82) is 0 Å². The molecule has 1 N–H and O–H groups in total. The standard InChI is InChI=1S/C17H13N5O2/c1-23-13-4-2-3-12(9-13)14-10-15(21-20-14)17-19-16(22-24-17)11-5-7-18-8-6-11/h2-10H,1H3,(H,20,21). The van der Waals surface area contributed by atoms with Gasteiger partial charge in [-0.2, -0.15) is 10.1 Å². The maximum Gasteiger partial charge on any atom is 0.276 e. The summed E-state index contributed by atoms with van der Waals surface area (Å²) in [6.45, 7) is 0. The number of aromatic nitrogens is 5. The number of aromatic amines is 1. The number of pyridine rings is 1. The van der Waals surface area contributed by atoms with Crippen LogP contribution in [0.15, 0.2) is 59.4 Å². The Morgan fingerprint density at radius 1 is 1.04 bits per heavy atom. The summed E-state index contributed by atoms with van der Waals surface area (Å²) in [5.74, 6) is 1.66. The van der Waals surface area contributed by atoms with Crippen LogP contribution in [0.3, 0.4) is 0 Å². The van der Waals surface area contributed by atoms with E-state index in [9.17, 15) is 0 Å². The van der Waals surface area contributed by atoms with Gasteiger partial charge < -0.3 is 9.26 Å². The predicted octanol–water partition coefficient (Wildman–Crippen LogP) is 3.20. The summed E-state index contributed by atoms with van der Waals surface area (Å²) in [5, 5.41) is 11.2. The number of H-pyrrole nitrogens is 1. The van der Waals surface area contributed by atoms with Crippen molar-refractivity contribution < 1.29 is 9.26 Å². The lowest BCUT2D eigenvalue weighted by molar-refractivity contribution is 0.415. The number of methoxy groups -OCH3 is 1. The number of ether oxygens (including phenoxy) is 1. The van der Waals surface area contributed by atoms with Crippen LogP contribution in [0.4, 0.5) is 0 Å². The molecule has 0 amide bonds. The number of benzene rings is 1. The Bertz CT molecular complexity index is 962. The van der Waals surface area contributed by atoms with E-state index in [1.807, 2.05) is 42.5 Å². The summed E-state index contributed by atoms with van der Waals surface area (Å²) in [5.41, 5.74) is 3.20. The first-order valence-electron chi connectivity index (χ1n) is 7.28. The van der Waals surface area contributed by atoms with Crippen molar-refractivity contribution in [1.82, 2.24) is 25.3 Å². The number of nitrogens with zero attached hydrogens (tertiary/aromatic N) is 4. The van der Waals surface area contributed by atoms with Gasteiger partial charge in [-0.1, -0.05) is 17.3 Å². The minimum Gasteiger partial charge on any atom is -0.497 e. The van der Waals surface area contributed by atoms with Crippen LogP contribution < -0.4 is 4.74 Å². The van der Waals surface area contributed by atoms with Crippen molar-refractivity contribution in [3.8, 4) is 40.0 Å². The van der Waals surface area contributed by atoms with Crippen LogP contribution in [0.25, 0.3) is 34.2 Å². The maximum atomic E-state index is 5.32. The minimum atomic E-state index is 0.378. The molecule has 24 heavy (non-hydrogen) atoms. The van der Waals surface area contributed by atoms with E-state index in [1.165, 1.54) is 0 Å². The molecule has 0 bridgehead atoms. The second-order valence-electron chi connectivity index (χ2n) is 5.06. The third-order valence-corrected chi connectivity index (χ3v) is 3.54. The molecule has 0 atom stereocenters. The van der Waals surface area contributed by atoms with Crippen molar-refractivity contribution >= 4 is 0 Å². The quantitative estimate of drug-likeness (QED) is 0.621. The topological polar surface area (TPSA) is 89.7 Å². The van der Waals surface area contributed by atoms with E-state index in [1.54, 1.807) is 19.5 Å². The molecule has 0 unspecified atom stereocenters. The molecule has 0 aliphatic rings. The van der Waals surface area contributed by atoms with Gasteiger partial charge in [0.1, 0.15) is 11.4 Å². The summed E-state index contributed by atoms with van der Waals surface area (Å²) in [6.07, 6.45) is 3.37. The van der Waals surface area contributed by atoms with Gasteiger partial charge in [-0.05, 0) is 30.3 Å². The van der Waals surface area contributed by atoms with Crippen LogP contribution in [0.5, 0.6) is 5.75 Å². The second-order valence-corrected chi connectivity index (χ2v) is 5.06. The highest BCUT2D eigenvalue weighted by Crippen LogP contribution is 2.26. The molecule has 0 aliphatic carbocycles. The number of hydrogen-bond acceptors (Lipinski definition) is 6. The smallest absolute Gasteiger partial charge is 0.276 e. The highest BCUT2D eigenvalue weighted by atomic mass is 16.5. The third kappa shape index (κ3) is 2.63. The van der Waals surface area contributed by atoms with Crippen molar-refractivity contribution in [3.63, 3.8) is 0 Å². The van der Waals surface area contributed by atoms with Crippen molar-refractivity contribution in [3.05, 3.63) is 54.9 Å². The van der Waals surface area contributed by atoms with Crippen LogP contribution in [-0.2, 0) is 0 Å². The Morgan fingerprint density at radius 2 is 1.92 bits per heavy atom.